The van der Waals surface area contributed by atoms with Gasteiger partial charge in [-0.3, -0.25) is 9.59 Å². The molecule has 7 heteroatoms. The number of anilines is 1. The van der Waals surface area contributed by atoms with Crippen LogP contribution in [0.15, 0.2) is 53.7 Å². The molecule has 24 heavy (non-hydrogen) atoms. The van der Waals surface area contributed by atoms with Crippen LogP contribution in [0, 0.1) is 0 Å². The number of fused-ring (bicyclic) bond motifs is 1. The highest BCUT2D eigenvalue weighted by Crippen LogP contribution is 2.29. The van der Waals surface area contributed by atoms with Gasteiger partial charge in [0.25, 0.3) is 11.8 Å². The third-order valence-electron chi connectivity index (χ3n) is 4.00. The molecule has 2 amide bonds. The zero-order valence-electron chi connectivity index (χ0n) is 12.9. The number of benzene rings is 1. The molecule has 1 atom stereocenters. The molecule has 0 saturated carbocycles. The second kappa shape index (κ2) is 5.77. The van der Waals surface area contributed by atoms with E-state index in [2.05, 4.69) is 10.3 Å². The number of aliphatic imine (C=N–C) groups is 1. The SMILES string of the molecule is CC1(C(=O)Nc2ccccc2C(=O)O)CC(=O)N=C2C=CC=CN21. The zero-order valence-corrected chi connectivity index (χ0v) is 12.9. The first kappa shape index (κ1) is 15.7. The van der Waals surface area contributed by atoms with Gasteiger partial charge in [0.05, 0.1) is 17.7 Å². The zero-order chi connectivity index (χ0) is 17.3. The summed E-state index contributed by atoms with van der Waals surface area (Å²) in [5, 5.41) is 11.9. The molecule has 7 nitrogen and oxygen atoms in total. The number of hydrogen-bond donors (Lipinski definition) is 2. The van der Waals surface area contributed by atoms with Gasteiger partial charge >= 0.3 is 5.97 Å². The minimum absolute atomic E-state index is 0.0143. The van der Waals surface area contributed by atoms with Crippen LogP contribution in [0.5, 0.6) is 0 Å². The Morgan fingerprint density at radius 2 is 2.04 bits per heavy atom. The number of rotatable bonds is 3. The van der Waals surface area contributed by atoms with E-state index in [-0.39, 0.29) is 17.7 Å². The van der Waals surface area contributed by atoms with E-state index in [1.54, 1.807) is 48.4 Å². The van der Waals surface area contributed by atoms with Gasteiger partial charge in [-0.25, -0.2) is 4.79 Å². The maximum absolute atomic E-state index is 12.9. The van der Waals surface area contributed by atoms with Crippen molar-refractivity contribution in [2.75, 3.05) is 5.32 Å². The second-order valence-electron chi connectivity index (χ2n) is 5.69. The fourth-order valence-corrected chi connectivity index (χ4v) is 2.71. The number of carbonyl (C=O) groups is 3. The van der Waals surface area contributed by atoms with Crippen molar-refractivity contribution >= 4 is 29.3 Å². The van der Waals surface area contributed by atoms with Crippen molar-refractivity contribution in [1.82, 2.24) is 4.90 Å². The predicted molar refractivity (Wildman–Crippen MR) is 87.6 cm³/mol. The fourth-order valence-electron chi connectivity index (χ4n) is 2.71. The molecule has 0 radical (unpaired) electrons. The normalized spacial score (nSPS) is 22.0. The molecule has 1 aromatic rings. The molecule has 2 heterocycles. The van der Waals surface area contributed by atoms with Gasteiger partial charge in [0.1, 0.15) is 11.4 Å². The lowest BCUT2D eigenvalue weighted by Crippen LogP contribution is -2.58. The van der Waals surface area contributed by atoms with E-state index >= 15 is 0 Å². The summed E-state index contributed by atoms with van der Waals surface area (Å²) in [6.45, 7) is 1.63. The first-order valence-corrected chi connectivity index (χ1v) is 7.31. The van der Waals surface area contributed by atoms with Crippen LogP contribution in [0.25, 0.3) is 0 Å². The summed E-state index contributed by atoms with van der Waals surface area (Å²) < 4.78 is 0. The molecule has 0 aliphatic carbocycles. The van der Waals surface area contributed by atoms with E-state index in [0.29, 0.717) is 5.84 Å². The Balaban J connectivity index is 1.94. The van der Waals surface area contributed by atoms with Gasteiger partial charge < -0.3 is 15.3 Å². The largest absolute Gasteiger partial charge is 0.478 e. The summed E-state index contributed by atoms with van der Waals surface area (Å²) in [4.78, 5) is 41.6. The quantitative estimate of drug-likeness (QED) is 0.883. The molecule has 0 fully saturated rings. The summed E-state index contributed by atoms with van der Waals surface area (Å²) in [5.74, 6) is -1.63. The number of nitrogens with zero attached hydrogens (tertiary/aromatic N) is 2. The van der Waals surface area contributed by atoms with Crippen molar-refractivity contribution in [2.45, 2.75) is 18.9 Å². The number of allylic oxidation sites excluding steroid dienone is 2. The van der Waals surface area contributed by atoms with Crippen molar-refractivity contribution in [3.8, 4) is 0 Å². The Labute approximate surface area is 138 Å². The average Bonchev–Trinajstić information content (AvgIpc) is 2.55. The maximum atomic E-state index is 12.9. The van der Waals surface area contributed by atoms with E-state index in [4.69, 9.17) is 0 Å². The Morgan fingerprint density at radius 1 is 1.29 bits per heavy atom. The van der Waals surface area contributed by atoms with Crippen molar-refractivity contribution in [2.24, 2.45) is 4.99 Å². The molecule has 1 unspecified atom stereocenters. The molecule has 2 aliphatic heterocycles. The number of carbonyl (C=O) groups excluding carboxylic acids is 2. The highest BCUT2D eigenvalue weighted by atomic mass is 16.4. The van der Waals surface area contributed by atoms with Gasteiger partial charge in [-0.1, -0.05) is 18.2 Å². The fraction of sp³-hybridized carbons (Fsp3) is 0.176. The standard InChI is InChI=1S/C17H15N3O4/c1-17(10-14(21)19-13-8-4-5-9-20(13)17)16(24)18-12-7-3-2-6-11(12)15(22)23/h2-9H,10H2,1H3,(H,18,24)(H,22,23). The topological polar surface area (TPSA) is 99.1 Å². The van der Waals surface area contributed by atoms with Crippen LogP contribution in [0.4, 0.5) is 5.69 Å². The lowest BCUT2D eigenvalue weighted by atomic mass is 9.91. The van der Waals surface area contributed by atoms with E-state index < -0.39 is 23.3 Å². The van der Waals surface area contributed by atoms with Crippen LogP contribution in [0.1, 0.15) is 23.7 Å². The molecule has 2 N–H and O–H groups in total. The molecule has 0 bridgehead atoms. The third kappa shape index (κ3) is 2.60. The van der Waals surface area contributed by atoms with E-state index in [9.17, 15) is 19.5 Å². The van der Waals surface area contributed by atoms with Crippen LogP contribution < -0.4 is 5.32 Å². The molecule has 0 saturated heterocycles. The van der Waals surface area contributed by atoms with Crippen LogP contribution in [0.3, 0.4) is 0 Å². The molecule has 122 valence electrons. The summed E-state index contributed by atoms with van der Waals surface area (Å²) >= 11 is 0. The number of aromatic carboxylic acids is 1. The highest BCUT2D eigenvalue weighted by Gasteiger charge is 2.45. The van der Waals surface area contributed by atoms with Crippen molar-refractivity contribution in [3.05, 3.63) is 54.3 Å². The van der Waals surface area contributed by atoms with Gasteiger partial charge in [-0.05, 0) is 31.2 Å². The lowest BCUT2D eigenvalue weighted by Gasteiger charge is -2.41. The van der Waals surface area contributed by atoms with Crippen LogP contribution in [-0.2, 0) is 9.59 Å². The number of amidine groups is 1. The Kier molecular flexibility index (Phi) is 3.76. The average molecular weight is 325 g/mol. The van der Waals surface area contributed by atoms with Gasteiger partial charge in [0.15, 0.2) is 0 Å². The Bertz CT molecular complexity index is 825. The third-order valence-corrected chi connectivity index (χ3v) is 4.00. The number of amides is 2. The van der Waals surface area contributed by atoms with Crippen LogP contribution in [-0.4, -0.2) is 39.2 Å². The summed E-state index contributed by atoms with van der Waals surface area (Å²) in [6.07, 6.45) is 6.69. The Morgan fingerprint density at radius 3 is 2.79 bits per heavy atom. The van der Waals surface area contributed by atoms with Gasteiger partial charge in [0, 0.05) is 6.20 Å². The maximum Gasteiger partial charge on any atom is 0.337 e. The van der Waals surface area contributed by atoms with Gasteiger partial charge in [-0.15, -0.1) is 0 Å². The molecule has 3 rings (SSSR count). The van der Waals surface area contributed by atoms with E-state index in [1.165, 1.54) is 12.1 Å². The van der Waals surface area contributed by atoms with Gasteiger partial charge in [-0.2, -0.15) is 4.99 Å². The summed E-state index contributed by atoms with van der Waals surface area (Å²) in [6, 6.07) is 6.12. The van der Waals surface area contributed by atoms with E-state index in [0.717, 1.165) is 0 Å². The minimum Gasteiger partial charge on any atom is -0.478 e. The number of carboxylic acids is 1. The molecular formula is C17H15N3O4. The Hall–Kier alpha value is -3.22. The molecule has 2 aliphatic rings. The predicted octanol–water partition coefficient (Wildman–Crippen LogP) is 1.80. The first-order valence-electron chi connectivity index (χ1n) is 7.31. The molecule has 1 aromatic carbocycles. The molecule has 0 spiro atoms. The number of hydrogen-bond acceptors (Lipinski definition) is 4. The first-order chi connectivity index (χ1) is 11.4. The lowest BCUT2D eigenvalue weighted by molar-refractivity contribution is -0.130. The minimum atomic E-state index is -1.19. The number of nitrogens with one attached hydrogen (secondary N) is 1. The molecule has 0 aromatic heterocycles. The number of para-hydroxylation sites is 1. The monoisotopic (exact) mass is 325 g/mol. The van der Waals surface area contributed by atoms with Crippen molar-refractivity contribution < 1.29 is 19.5 Å². The van der Waals surface area contributed by atoms with Crippen molar-refractivity contribution in [1.29, 1.82) is 0 Å². The van der Waals surface area contributed by atoms with Gasteiger partial charge in [0.2, 0.25) is 0 Å². The smallest absolute Gasteiger partial charge is 0.337 e. The summed E-state index contributed by atoms with van der Waals surface area (Å²) in [7, 11) is 0. The second-order valence-corrected chi connectivity index (χ2v) is 5.69. The van der Waals surface area contributed by atoms with Crippen molar-refractivity contribution in [3.63, 3.8) is 0 Å². The van der Waals surface area contributed by atoms with Crippen LogP contribution in [0.2, 0.25) is 0 Å². The number of carboxylic acid groups (broad SMARTS) is 1. The summed E-state index contributed by atoms with van der Waals surface area (Å²) in [5.41, 5.74) is -1.02. The highest BCUT2D eigenvalue weighted by molar-refractivity contribution is 6.12. The van der Waals surface area contributed by atoms with Crippen LogP contribution >= 0.6 is 0 Å². The molecular weight excluding hydrogens is 310 g/mol. The van der Waals surface area contributed by atoms with E-state index in [1.807, 2.05) is 0 Å².